The number of pyridine rings is 1. The van der Waals surface area contributed by atoms with Crippen LogP contribution in [0.1, 0.15) is 56.1 Å². The van der Waals surface area contributed by atoms with E-state index >= 15 is 0 Å². The molecule has 1 aliphatic rings. The topological polar surface area (TPSA) is 75.3 Å². The van der Waals surface area contributed by atoms with E-state index in [1.165, 1.54) is 0 Å². The Labute approximate surface area is 194 Å². The molecule has 7 nitrogen and oxygen atoms in total. The number of ether oxygens (including phenoxy) is 2. The smallest absolute Gasteiger partial charge is 0.343 e. The third-order valence-corrected chi connectivity index (χ3v) is 6.23. The highest BCUT2D eigenvalue weighted by molar-refractivity contribution is 5.89. The van der Waals surface area contributed by atoms with Crippen molar-refractivity contribution in [1.82, 2.24) is 14.3 Å². The van der Waals surface area contributed by atoms with E-state index in [0.29, 0.717) is 5.92 Å². The SMILES string of the molecule is CCCn1cc(-c2cc3c(cc2OC)-c2cc(=O)c(C(=O)OCC)cn2C(C(C)C)C3)cn1. The van der Waals surface area contributed by atoms with Crippen LogP contribution in [-0.4, -0.2) is 34.0 Å². The predicted octanol–water partition coefficient (Wildman–Crippen LogP) is 4.73. The zero-order valence-electron chi connectivity index (χ0n) is 19.9. The highest BCUT2D eigenvalue weighted by Crippen LogP contribution is 2.43. The van der Waals surface area contributed by atoms with Gasteiger partial charge < -0.3 is 14.0 Å². The van der Waals surface area contributed by atoms with Gasteiger partial charge in [0.1, 0.15) is 11.3 Å². The minimum absolute atomic E-state index is 0.0709. The van der Waals surface area contributed by atoms with Crippen molar-refractivity contribution in [3.63, 3.8) is 0 Å². The first kappa shape index (κ1) is 22.8. The second-order valence-corrected chi connectivity index (χ2v) is 8.78. The zero-order valence-corrected chi connectivity index (χ0v) is 19.9. The number of hydrogen-bond donors (Lipinski definition) is 0. The summed E-state index contributed by atoms with van der Waals surface area (Å²) in [5.74, 6) is 0.441. The normalized spacial score (nSPS) is 14.7. The highest BCUT2D eigenvalue weighted by atomic mass is 16.5. The van der Waals surface area contributed by atoms with Gasteiger partial charge in [0.25, 0.3) is 0 Å². The molecule has 174 valence electrons. The molecular formula is C26H31N3O4. The Balaban J connectivity index is 1.88. The Bertz CT molecular complexity index is 1240. The molecule has 0 spiro atoms. The minimum atomic E-state index is -0.580. The van der Waals surface area contributed by atoms with Crippen molar-refractivity contribution in [3.8, 4) is 28.1 Å². The number of nitrogens with zero attached hydrogens (tertiary/aromatic N) is 3. The van der Waals surface area contributed by atoms with Gasteiger partial charge in [0.05, 0.1) is 25.6 Å². The summed E-state index contributed by atoms with van der Waals surface area (Å²) in [6, 6.07) is 5.81. The minimum Gasteiger partial charge on any atom is -0.496 e. The summed E-state index contributed by atoms with van der Waals surface area (Å²) in [4.78, 5) is 25.2. The van der Waals surface area contributed by atoms with E-state index in [-0.39, 0.29) is 23.6 Å². The Kier molecular flexibility index (Phi) is 6.40. The first-order valence-electron chi connectivity index (χ1n) is 11.5. The van der Waals surface area contributed by atoms with E-state index in [2.05, 4.69) is 36.5 Å². The van der Waals surface area contributed by atoms with Crippen LogP contribution in [0.25, 0.3) is 22.4 Å². The number of aromatic nitrogens is 3. The van der Waals surface area contributed by atoms with Crippen molar-refractivity contribution in [2.45, 2.75) is 53.1 Å². The molecule has 0 saturated carbocycles. The molecule has 0 fully saturated rings. The van der Waals surface area contributed by atoms with Crippen molar-refractivity contribution in [2.24, 2.45) is 5.92 Å². The van der Waals surface area contributed by atoms with Gasteiger partial charge in [-0.3, -0.25) is 9.48 Å². The van der Waals surface area contributed by atoms with Crippen molar-refractivity contribution in [3.05, 3.63) is 58.1 Å². The molecule has 1 aromatic carbocycles. The van der Waals surface area contributed by atoms with Gasteiger partial charge in [0.15, 0.2) is 5.43 Å². The van der Waals surface area contributed by atoms with Crippen LogP contribution in [0.4, 0.5) is 0 Å². The van der Waals surface area contributed by atoms with E-state index in [4.69, 9.17) is 9.47 Å². The Hall–Kier alpha value is -3.35. The number of benzene rings is 1. The number of carbonyl (C=O) groups is 1. The lowest BCUT2D eigenvalue weighted by molar-refractivity contribution is 0.0523. The second kappa shape index (κ2) is 9.25. The van der Waals surface area contributed by atoms with Crippen LogP contribution in [0.15, 0.2) is 41.6 Å². The van der Waals surface area contributed by atoms with Crippen molar-refractivity contribution >= 4 is 5.97 Å². The molecule has 4 rings (SSSR count). The third kappa shape index (κ3) is 4.19. The van der Waals surface area contributed by atoms with E-state index in [1.54, 1.807) is 26.3 Å². The number of rotatable bonds is 7. The van der Waals surface area contributed by atoms with Crippen LogP contribution in [0.5, 0.6) is 5.75 Å². The molecule has 0 radical (unpaired) electrons. The molecule has 0 N–H and O–H groups in total. The van der Waals surface area contributed by atoms with Crippen LogP contribution in [0.3, 0.4) is 0 Å². The maximum atomic E-state index is 12.8. The van der Waals surface area contributed by atoms with Gasteiger partial charge in [-0.1, -0.05) is 20.8 Å². The summed E-state index contributed by atoms with van der Waals surface area (Å²) in [6.45, 7) is 9.26. The van der Waals surface area contributed by atoms with E-state index in [1.807, 2.05) is 23.1 Å². The van der Waals surface area contributed by atoms with Gasteiger partial charge >= 0.3 is 5.97 Å². The van der Waals surface area contributed by atoms with Gasteiger partial charge in [-0.2, -0.15) is 5.10 Å². The fourth-order valence-electron chi connectivity index (χ4n) is 4.56. The maximum absolute atomic E-state index is 12.8. The molecule has 1 unspecified atom stereocenters. The Morgan fingerprint density at radius 1 is 1.18 bits per heavy atom. The molecule has 7 heteroatoms. The summed E-state index contributed by atoms with van der Waals surface area (Å²) in [5, 5.41) is 4.47. The summed E-state index contributed by atoms with van der Waals surface area (Å²) in [5.41, 5.74) is 4.61. The summed E-state index contributed by atoms with van der Waals surface area (Å²) in [6.07, 6.45) is 7.37. The largest absolute Gasteiger partial charge is 0.496 e. The quantitative estimate of drug-likeness (QED) is 0.488. The van der Waals surface area contributed by atoms with Crippen LogP contribution >= 0.6 is 0 Å². The van der Waals surface area contributed by atoms with Crippen LogP contribution in [-0.2, 0) is 17.7 Å². The number of esters is 1. The van der Waals surface area contributed by atoms with Crippen LogP contribution < -0.4 is 10.2 Å². The number of hydrogen-bond acceptors (Lipinski definition) is 5. The molecule has 1 atom stereocenters. The molecule has 0 bridgehead atoms. The summed E-state index contributed by atoms with van der Waals surface area (Å²) >= 11 is 0. The van der Waals surface area contributed by atoms with Gasteiger partial charge in [0, 0.05) is 47.7 Å². The molecule has 0 saturated heterocycles. The number of methoxy groups -OCH3 is 1. The summed E-state index contributed by atoms with van der Waals surface area (Å²) < 4.78 is 14.9. The molecule has 33 heavy (non-hydrogen) atoms. The molecule has 0 amide bonds. The molecular weight excluding hydrogens is 418 g/mol. The van der Waals surface area contributed by atoms with E-state index < -0.39 is 5.97 Å². The first-order chi connectivity index (χ1) is 15.9. The van der Waals surface area contributed by atoms with Crippen molar-refractivity contribution < 1.29 is 14.3 Å². The Morgan fingerprint density at radius 3 is 2.64 bits per heavy atom. The van der Waals surface area contributed by atoms with Crippen molar-refractivity contribution in [2.75, 3.05) is 13.7 Å². The molecule has 3 aromatic rings. The Morgan fingerprint density at radius 2 is 1.97 bits per heavy atom. The molecule has 0 aliphatic carbocycles. The monoisotopic (exact) mass is 449 g/mol. The maximum Gasteiger partial charge on any atom is 0.343 e. The van der Waals surface area contributed by atoms with E-state index in [0.717, 1.165) is 53.1 Å². The second-order valence-electron chi connectivity index (χ2n) is 8.78. The fourth-order valence-corrected chi connectivity index (χ4v) is 4.56. The fraction of sp³-hybridized carbons (Fsp3) is 0.423. The van der Waals surface area contributed by atoms with Gasteiger partial charge in [-0.15, -0.1) is 0 Å². The first-order valence-corrected chi connectivity index (χ1v) is 11.5. The lowest BCUT2D eigenvalue weighted by Gasteiger charge is -2.34. The molecule has 3 heterocycles. The standard InChI is InChI=1S/C26H31N3O4/c1-6-8-28-14-18(13-27-28)20-9-17-10-22(16(3)4)29-15-21(26(31)33-7-2)24(30)12-23(29)19(17)11-25(20)32-5/h9,11-16,22H,6-8,10H2,1-5H3. The average molecular weight is 450 g/mol. The summed E-state index contributed by atoms with van der Waals surface area (Å²) in [7, 11) is 1.65. The number of carbonyl (C=O) groups excluding carboxylic acids is 1. The number of fused-ring (bicyclic) bond motifs is 3. The molecule has 2 aromatic heterocycles. The van der Waals surface area contributed by atoms with Crippen LogP contribution in [0, 0.1) is 5.92 Å². The third-order valence-electron chi connectivity index (χ3n) is 6.23. The van der Waals surface area contributed by atoms with Gasteiger partial charge in [-0.25, -0.2) is 4.79 Å². The van der Waals surface area contributed by atoms with Crippen LogP contribution in [0.2, 0.25) is 0 Å². The predicted molar refractivity (Wildman–Crippen MR) is 128 cm³/mol. The van der Waals surface area contributed by atoms with Gasteiger partial charge in [-0.05, 0) is 43.4 Å². The number of aryl methyl sites for hydroxylation is 1. The molecule has 1 aliphatic heterocycles. The van der Waals surface area contributed by atoms with E-state index in [9.17, 15) is 9.59 Å². The highest BCUT2D eigenvalue weighted by Gasteiger charge is 2.29. The average Bonchev–Trinajstić information content (AvgIpc) is 3.26. The zero-order chi connectivity index (χ0) is 23.7. The lowest BCUT2D eigenvalue weighted by Crippen LogP contribution is -2.28. The van der Waals surface area contributed by atoms with Crippen molar-refractivity contribution in [1.29, 1.82) is 0 Å². The lowest BCUT2D eigenvalue weighted by atomic mass is 9.85. The van der Waals surface area contributed by atoms with Gasteiger partial charge in [0.2, 0.25) is 0 Å².